The molecule has 1 unspecified atom stereocenters. The molecule has 3 amide bonds. The van der Waals surface area contributed by atoms with Gasteiger partial charge in [0.05, 0.1) is 0 Å². The largest absolute Gasteiger partial charge is 0.322 e. The van der Waals surface area contributed by atoms with E-state index in [1.54, 1.807) is 4.90 Å². The van der Waals surface area contributed by atoms with Gasteiger partial charge < -0.3 is 10.2 Å². The molecule has 2 N–H and O–H groups in total. The quantitative estimate of drug-likeness (QED) is 0.211. The molecule has 38 heavy (non-hydrogen) atoms. The van der Waals surface area contributed by atoms with Crippen molar-refractivity contribution >= 4 is 29.5 Å². The fourth-order valence-corrected chi connectivity index (χ4v) is 9.58. The molecule has 1 saturated heterocycles. The molecule has 206 valence electrons. The van der Waals surface area contributed by atoms with E-state index >= 15 is 0 Å². The number of piperidine rings is 1. The molecule has 6 aliphatic rings. The Kier molecular flexibility index (Phi) is 7.86. The van der Waals surface area contributed by atoms with Crippen LogP contribution in [0.5, 0.6) is 0 Å². The molecule has 4 bridgehead atoms. The number of thioether (sulfide) groups is 1. The van der Waals surface area contributed by atoms with Crippen LogP contribution in [0.1, 0.15) is 106 Å². The number of amides is 3. The Morgan fingerprint density at radius 3 is 2.32 bits per heavy atom. The van der Waals surface area contributed by atoms with Crippen molar-refractivity contribution in [2.75, 3.05) is 12.3 Å². The number of hydrogen-bond donors (Lipinski definition) is 2. The van der Waals surface area contributed by atoms with Gasteiger partial charge in [-0.25, -0.2) is 0 Å². The first-order chi connectivity index (χ1) is 18.5. The SMILES string of the molecule is O=C1CCC(N2Cc3c(SCCCCCCCCNC45CC6CC(CC(C6)C4)C5)cccc3C2=O)C(=O)N1. The minimum atomic E-state index is -0.548. The van der Waals surface area contributed by atoms with Crippen LogP contribution in [0.25, 0.3) is 0 Å². The first kappa shape index (κ1) is 26.4. The summed E-state index contributed by atoms with van der Waals surface area (Å²) >= 11 is 1.83. The number of imide groups is 1. The van der Waals surface area contributed by atoms with Crippen LogP contribution >= 0.6 is 11.8 Å². The van der Waals surface area contributed by atoms with Crippen molar-refractivity contribution in [3.63, 3.8) is 0 Å². The molecular weight excluding hydrogens is 494 g/mol. The van der Waals surface area contributed by atoms with E-state index in [1.807, 2.05) is 23.9 Å². The van der Waals surface area contributed by atoms with Gasteiger partial charge in [0.25, 0.3) is 5.91 Å². The fourth-order valence-electron chi connectivity index (χ4n) is 8.49. The molecule has 0 aromatic heterocycles. The number of benzene rings is 1. The third kappa shape index (κ3) is 5.56. The molecule has 0 radical (unpaired) electrons. The maximum Gasteiger partial charge on any atom is 0.255 e. The molecule has 7 rings (SSSR count). The Balaban J connectivity index is 0.869. The number of nitrogens with zero attached hydrogens (tertiary/aromatic N) is 1. The fraction of sp³-hybridized carbons (Fsp3) is 0.710. The smallest absolute Gasteiger partial charge is 0.255 e. The molecule has 1 aromatic rings. The third-order valence-corrected chi connectivity index (χ3v) is 11.1. The zero-order valence-corrected chi connectivity index (χ0v) is 23.5. The molecule has 1 atom stereocenters. The van der Waals surface area contributed by atoms with Crippen molar-refractivity contribution in [2.45, 2.75) is 113 Å². The summed E-state index contributed by atoms with van der Waals surface area (Å²) in [5, 5.41) is 6.42. The highest BCUT2D eigenvalue weighted by atomic mass is 32.2. The number of rotatable bonds is 12. The van der Waals surface area contributed by atoms with Crippen LogP contribution in [0.4, 0.5) is 0 Å². The normalized spacial score (nSPS) is 31.7. The van der Waals surface area contributed by atoms with Crippen LogP contribution in [-0.4, -0.2) is 46.5 Å². The van der Waals surface area contributed by atoms with Crippen LogP contribution in [0.15, 0.2) is 23.1 Å². The monoisotopic (exact) mass is 537 g/mol. The highest BCUT2D eigenvalue weighted by Gasteiger charge is 2.50. The summed E-state index contributed by atoms with van der Waals surface area (Å²) in [6.45, 7) is 1.66. The first-order valence-electron chi connectivity index (χ1n) is 15.1. The molecule has 7 heteroatoms. The summed E-state index contributed by atoms with van der Waals surface area (Å²) in [5.41, 5.74) is 2.26. The average molecular weight is 538 g/mol. The van der Waals surface area contributed by atoms with Gasteiger partial charge in [0, 0.05) is 29.0 Å². The summed E-state index contributed by atoms with van der Waals surface area (Å²) in [6, 6.07) is 5.37. The Labute approximate surface area is 231 Å². The van der Waals surface area contributed by atoms with Gasteiger partial charge in [0.2, 0.25) is 11.8 Å². The van der Waals surface area contributed by atoms with Crippen molar-refractivity contribution in [3.05, 3.63) is 29.3 Å². The van der Waals surface area contributed by atoms with Gasteiger partial charge in [0.1, 0.15) is 6.04 Å². The van der Waals surface area contributed by atoms with E-state index in [9.17, 15) is 14.4 Å². The zero-order chi connectivity index (χ0) is 26.1. The lowest BCUT2D eigenvalue weighted by atomic mass is 9.53. The highest BCUT2D eigenvalue weighted by Crippen LogP contribution is 2.55. The van der Waals surface area contributed by atoms with Gasteiger partial charge >= 0.3 is 0 Å². The number of carbonyl (C=O) groups is 3. The van der Waals surface area contributed by atoms with Gasteiger partial charge in [0.15, 0.2) is 0 Å². The van der Waals surface area contributed by atoms with Crippen molar-refractivity contribution in [2.24, 2.45) is 17.8 Å². The summed E-state index contributed by atoms with van der Waals surface area (Å²) in [5.74, 6) is 3.43. The van der Waals surface area contributed by atoms with E-state index < -0.39 is 6.04 Å². The van der Waals surface area contributed by atoms with Crippen molar-refractivity contribution in [3.8, 4) is 0 Å². The van der Waals surface area contributed by atoms with E-state index in [4.69, 9.17) is 0 Å². The predicted molar refractivity (Wildman–Crippen MR) is 150 cm³/mol. The average Bonchev–Trinajstić information content (AvgIpc) is 3.21. The van der Waals surface area contributed by atoms with Gasteiger partial charge in [-0.15, -0.1) is 11.8 Å². The first-order valence-corrected chi connectivity index (χ1v) is 16.1. The summed E-state index contributed by atoms with van der Waals surface area (Å²) in [7, 11) is 0. The van der Waals surface area contributed by atoms with Crippen molar-refractivity contribution in [1.82, 2.24) is 15.5 Å². The minimum absolute atomic E-state index is 0.0883. The Hall–Kier alpha value is -1.86. The maximum absolute atomic E-state index is 13.0. The molecule has 4 saturated carbocycles. The molecular formula is C31H43N3O3S. The van der Waals surface area contributed by atoms with Crippen LogP contribution < -0.4 is 10.6 Å². The minimum Gasteiger partial charge on any atom is -0.322 e. The van der Waals surface area contributed by atoms with E-state index in [0.29, 0.717) is 24.1 Å². The highest BCUT2D eigenvalue weighted by molar-refractivity contribution is 7.99. The number of carbonyl (C=O) groups excluding carboxylic acids is 3. The second-order valence-electron chi connectivity index (χ2n) is 12.8. The topological polar surface area (TPSA) is 78.5 Å². The number of nitrogens with one attached hydrogen (secondary N) is 2. The van der Waals surface area contributed by atoms with Gasteiger partial charge in [-0.1, -0.05) is 31.7 Å². The van der Waals surface area contributed by atoms with E-state index in [-0.39, 0.29) is 24.1 Å². The molecule has 2 aliphatic heterocycles. The van der Waals surface area contributed by atoms with Crippen molar-refractivity contribution < 1.29 is 14.4 Å². The molecule has 2 heterocycles. The summed E-state index contributed by atoms with van der Waals surface area (Å²) in [6.07, 6.45) is 17.3. The summed E-state index contributed by atoms with van der Waals surface area (Å²) in [4.78, 5) is 39.6. The molecule has 1 aromatic carbocycles. The van der Waals surface area contributed by atoms with E-state index in [1.165, 1.54) is 83.6 Å². The maximum atomic E-state index is 13.0. The van der Waals surface area contributed by atoms with Crippen LogP contribution in [0.2, 0.25) is 0 Å². The van der Waals surface area contributed by atoms with Crippen LogP contribution in [0, 0.1) is 17.8 Å². The predicted octanol–water partition coefficient (Wildman–Crippen LogP) is 5.44. The molecule has 5 fully saturated rings. The second kappa shape index (κ2) is 11.3. The van der Waals surface area contributed by atoms with Crippen LogP contribution in [-0.2, 0) is 16.1 Å². The Morgan fingerprint density at radius 1 is 0.921 bits per heavy atom. The molecule has 6 nitrogen and oxygen atoms in total. The standard InChI is InChI=1S/C31H43N3O3S/c35-28-11-10-26(29(36)33-28)34-20-25-24(30(34)37)8-7-9-27(25)38-13-6-4-2-1-3-5-12-32-31-17-21-14-22(18-31)16-23(15-21)19-31/h7-9,21-23,26,32H,1-6,10-20H2,(H,33,35,36). The van der Waals surface area contributed by atoms with Gasteiger partial charge in [-0.3, -0.25) is 19.7 Å². The van der Waals surface area contributed by atoms with E-state index in [0.717, 1.165) is 34.0 Å². The molecule has 0 spiro atoms. The van der Waals surface area contributed by atoms with Gasteiger partial charge in [-0.05, 0) is 106 Å². The number of hydrogen-bond acceptors (Lipinski definition) is 5. The van der Waals surface area contributed by atoms with Crippen molar-refractivity contribution in [1.29, 1.82) is 0 Å². The lowest BCUT2D eigenvalue weighted by Crippen LogP contribution is -2.58. The van der Waals surface area contributed by atoms with Gasteiger partial charge in [-0.2, -0.15) is 0 Å². The van der Waals surface area contributed by atoms with E-state index in [2.05, 4.69) is 16.7 Å². The Bertz CT molecular complexity index is 1040. The Morgan fingerprint density at radius 2 is 1.61 bits per heavy atom. The summed E-state index contributed by atoms with van der Waals surface area (Å²) < 4.78 is 0. The third-order valence-electron chi connectivity index (χ3n) is 9.91. The lowest BCUT2D eigenvalue weighted by molar-refractivity contribution is -0.136. The molecule has 4 aliphatic carbocycles. The lowest BCUT2D eigenvalue weighted by Gasteiger charge is -2.57. The number of fused-ring (bicyclic) bond motifs is 1. The zero-order valence-electron chi connectivity index (χ0n) is 22.6. The number of unbranched alkanes of at least 4 members (excludes halogenated alkanes) is 5. The second-order valence-corrected chi connectivity index (χ2v) is 13.9. The van der Waals surface area contributed by atoms with Crippen LogP contribution in [0.3, 0.4) is 0 Å².